The summed E-state index contributed by atoms with van der Waals surface area (Å²) in [5, 5.41) is 11.4. The van der Waals surface area contributed by atoms with Crippen LogP contribution in [0.2, 0.25) is 0 Å². The zero-order valence-corrected chi connectivity index (χ0v) is 6.54. The Morgan fingerprint density at radius 2 is 2.55 bits per heavy atom. The van der Waals surface area contributed by atoms with Crippen molar-refractivity contribution in [2.45, 2.75) is 6.10 Å². The van der Waals surface area contributed by atoms with Gasteiger partial charge in [0.1, 0.15) is 0 Å². The number of hydrogen-bond acceptors (Lipinski definition) is 3. The second kappa shape index (κ2) is 5.88. The van der Waals surface area contributed by atoms with Gasteiger partial charge in [0.05, 0.1) is 12.7 Å². The molecule has 0 radical (unpaired) electrons. The van der Waals surface area contributed by atoms with Crippen LogP contribution in [0.1, 0.15) is 0 Å². The summed E-state index contributed by atoms with van der Waals surface area (Å²) in [5.74, 6) is -0.292. The van der Waals surface area contributed by atoms with Crippen molar-refractivity contribution in [3.8, 4) is 0 Å². The van der Waals surface area contributed by atoms with E-state index >= 15 is 0 Å². The van der Waals surface area contributed by atoms with E-state index in [0.717, 1.165) is 6.08 Å². The molecule has 1 unspecified atom stereocenters. The van der Waals surface area contributed by atoms with Crippen LogP contribution in [-0.4, -0.2) is 37.4 Å². The molecule has 0 aromatic carbocycles. The predicted octanol–water partition coefficient (Wildman–Crippen LogP) is -0.704. The second-order valence-electron chi connectivity index (χ2n) is 2.06. The standard InChI is InChI=1S/C7H13NO3/c1-3-7(10)8-4-6(9)5-11-2/h3,6,9H,1,4-5H2,2H3,(H,8,10). The highest BCUT2D eigenvalue weighted by Crippen LogP contribution is 1.80. The Kier molecular flexibility index (Phi) is 5.42. The van der Waals surface area contributed by atoms with Crippen LogP contribution < -0.4 is 5.32 Å². The summed E-state index contributed by atoms with van der Waals surface area (Å²) in [7, 11) is 1.48. The zero-order valence-electron chi connectivity index (χ0n) is 6.54. The van der Waals surface area contributed by atoms with Gasteiger partial charge in [-0.2, -0.15) is 0 Å². The Labute approximate surface area is 65.9 Å². The Morgan fingerprint density at radius 1 is 1.91 bits per heavy atom. The van der Waals surface area contributed by atoms with Crippen LogP contribution in [0.4, 0.5) is 0 Å². The number of methoxy groups -OCH3 is 1. The fraction of sp³-hybridized carbons (Fsp3) is 0.571. The highest BCUT2D eigenvalue weighted by Gasteiger charge is 2.02. The molecule has 0 saturated carbocycles. The van der Waals surface area contributed by atoms with Gasteiger partial charge in [0.2, 0.25) is 5.91 Å². The topological polar surface area (TPSA) is 58.6 Å². The van der Waals surface area contributed by atoms with Crippen LogP contribution in [0.25, 0.3) is 0 Å². The Balaban J connectivity index is 3.37. The van der Waals surface area contributed by atoms with Gasteiger partial charge >= 0.3 is 0 Å². The molecule has 0 aromatic heterocycles. The average Bonchev–Trinajstić information content (AvgIpc) is 2.01. The van der Waals surface area contributed by atoms with Gasteiger partial charge in [0.25, 0.3) is 0 Å². The normalized spacial score (nSPS) is 12.2. The third kappa shape index (κ3) is 5.57. The summed E-state index contributed by atoms with van der Waals surface area (Å²) >= 11 is 0. The molecule has 0 bridgehead atoms. The Morgan fingerprint density at radius 3 is 3.00 bits per heavy atom. The molecule has 1 atom stereocenters. The minimum Gasteiger partial charge on any atom is -0.389 e. The number of ether oxygens (including phenoxy) is 1. The monoisotopic (exact) mass is 159 g/mol. The highest BCUT2D eigenvalue weighted by atomic mass is 16.5. The first-order chi connectivity index (χ1) is 5.20. The summed E-state index contributed by atoms with van der Waals surface area (Å²) in [5.41, 5.74) is 0. The van der Waals surface area contributed by atoms with Crippen molar-refractivity contribution >= 4 is 5.91 Å². The molecule has 4 heteroatoms. The molecule has 2 N–H and O–H groups in total. The van der Waals surface area contributed by atoms with Crippen molar-refractivity contribution in [2.75, 3.05) is 20.3 Å². The van der Waals surface area contributed by atoms with E-state index in [1.54, 1.807) is 0 Å². The molecule has 0 fully saturated rings. The van der Waals surface area contributed by atoms with Crippen LogP contribution in [0.5, 0.6) is 0 Å². The fourth-order valence-electron chi connectivity index (χ4n) is 0.542. The van der Waals surface area contributed by atoms with Crippen LogP contribution in [0.15, 0.2) is 12.7 Å². The van der Waals surface area contributed by atoms with Crippen LogP contribution in [0.3, 0.4) is 0 Å². The van der Waals surface area contributed by atoms with E-state index in [9.17, 15) is 4.79 Å². The molecule has 0 spiro atoms. The predicted molar refractivity (Wildman–Crippen MR) is 41.1 cm³/mol. The van der Waals surface area contributed by atoms with Crippen molar-refractivity contribution in [3.05, 3.63) is 12.7 Å². The van der Waals surface area contributed by atoms with E-state index in [-0.39, 0.29) is 19.1 Å². The number of carbonyl (C=O) groups is 1. The van der Waals surface area contributed by atoms with Gasteiger partial charge in [-0.3, -0.25) is 4.79 Å². The molecule has 0 saturated heterocycles. The number of hydrogen-bond donors (Lipinski definition) is 2. The number of amides is 1. The molecule has 0 aliphatic heterocycles. The first-order valence-corrected chi connectivity index (χ1v) is 3.28. The lowest BCUT2D eigenvalue weighted by atomic mass is 10.4. The van der Waals surface area contributed by atoms with Gasteiger partial charge in [-0.25, -0.2) is 0 Å². The van der Waals surface area contributed by atoms with Gasteiger partial charge in [0, 0.05) is 13.7 Å². The van der Waals surface area contributed by atoms with Crippen molar-refractivity contribution in [3.63, 3.8) is 0 Å². The van der Waals surface area contributed by atoms with E-state index < -0.39 is 6.10 Å². The largest absolute Gasteiger partial charge is 0.389 e. The third-order valence-electron chi connectivity index (χ3n) is 1.06. The van der Waals surface area contributed by atoms with Crippen molar-refractivity contribution < 1.29 is 14.6 Å². The average molecular weight is 159 g/mol. The summed E-state index contributed by atoms with van der Waals surface area (Å²) in [4.78, 5) is 10.5. The van der Waals surface area contributed by atoms with E-state index in [4.69, 9.17) is 5.11 Å². The lowest BCUT2D eigenvalue weighted by molar-refractivity contribution is -0.117. The van der Waals surface area contributed by atoms with Crippen LogP contribution in [-0.2, 0) is 9.53 Å². The van der Waals surface area contributed by atoms with Gasteiger partial charge in [-0.05, 0) is 6.08 Å². The van der Waals surface area contributed by atoms with E-state index in [1.165, 1.54) is 7.11 Å². The molecule has 4 nitrogen and oxygen atoms in total. The number of rotatable bonds is 5. The Hall–Kier alpha value is -0.870. The maximum atomic E-state index is 10.5. The van der Waals surface area contributed by atoms with E-state index in [0.29, 0.717) is 0 Å². The van der Waals surface area contributed by atoms with Crippen molar-refractivity contribution in [2.24, 2.45) is 0 Å². The van der Waals surface area contributed by atoms with Gasteiger partial charge in [0.15, 0.2) is 0 Å². The Bertz CT molecular complexity index is 136. The summed E-state index contributed by atoms with van der Waals surface area (Å²) < 4.78 is 4.64. The smallest absolute Gasteiger partial charge is 0.243 e. The minimum atomic E-state index is -0.649. The van der Waals surface area contributed by atoms with Gasteiger partial charge < -0.3 is 15.2 Å². The van der Waals surface area contributed by atoms with E-state index in [1.807, 2.05) is 0 Å². The first-order valence-electron chi connectivity index (χ1n) is 3.28. The first kappa shape index (κ1) is 10.1. The molecular formula is C7H13NO3. The van der Waals surface area contributed by atoms with Gasteiger partial charge in [-0.1, -0.05) is 6.58 Å². The molecule has 11 heavy (non-hydrogen) atoms. The molecule has 0 aromatic rings. The molecule has 0 aliphatic carbocycles. The van der Waals surface area contributed by atoms with Crippen LogP contribution in [0, 0.1) is 0 Å². The zero-order chi connectivity index (χ0) is 8.69. The van der Waals surface area contributed by atoms with Gasteiger partial charge in [-0.15, -0.1) is 0 Å². The quantitative estimate of drug-likeness (QED) is 0.521. The molecule has 0 aliphatic rings. The lowest BCUT2D eigenvalue weighted by Crippen LogP contribution is -2.33. The molecule has 0 heterocycles. The van der Waals surface area contributed by atoms with E-state index in [2.05, 4.69) is 16.6 Å². The maximum Gasteiger partial charge on any atom is 0.243 e. The lowest BCUT2D eigenvalue weighted by Gasteiger charge is -2.08. The number of aliphatic hydroxyl groups excluding tert-OH is 1. The molecule has 1 amide bonds. The number of carbonyl (C=O) groups excluding carboxylic acids is 1. The summed E-state index contributed by atoms with van der Waals surface area (Å²) in [6.45, 7) is 3.67. The summed E-state index contributed by atoms with van der Waals surface area (Å²) in [6.07, 6.45) is 0.503. The summed E-state index contributed by atoms with van der Waals surface area (Å²) in [6, 6.07) is 0. The van der Waals surface area contributed by atoms with Crippen molar-refractivity contribution in [1.82, 2.24) is 5.32 Å². The highest BCUT2D eigenvalue weighted by molar-refractivity contribution is 5.86. The fourth-order valence-corrected chi connectivity index (χ4v) is 0.542. The molecule has 0 rings (SSSR count). The third-order valence-corrected chi connectivity index (χ3v) is 1.06. The molecular weight excluding hydrogens is 146 g/mol. The number of aliphatic hydroxyl groups is 1. The SMILES string of the molecule is C=CC(=O)NCC(O)COC. The second-order valence-corrected chi connectivity index (χ2v) is 2.06. The van der Waals surface area contributed by atoms with Crippen molar-refractivity contribution in [1.29, 1.82) is 0 Å². The van der Waals surface area contributed by atoms with Crippen LogP contribution >= 0.6 is 0 Å². The minimum absolute atomic E-state index is 0.193. The number of nitrogens with one attached hydrogen (secondary N) is 1. The molecule has 64 valence electrons. The maximum absolute atomic E-state index is 10.5.